The zero-order valence-corrected chi connectivity index (χ0v) is 9.11. The molecule has 4 atom stereocenters. The molecule has 9 nitrogen and oxygen atoms in total. The summed E-state index contributed by atoms with van der Waals surface area (Å²) in [6.45, 7) is -0.319. The Bertz CT molecular complexity index is 310. The van der Waals surface area contributed by atoms with E-state index in [0.717, 1.165) is 0 Å². The van der Waals surface area contributed by atoms with E-state index < -0.39 is 30.4 Å². The number of aliphatic imine (C=N–C) groups is 1. The Morgan fingerprint density at radius 1 is 1.65 bits per heavy atom. The number of ether oxygens (including phenoxy) is 1. The summed E-state index contributed by atoms with van der Waals surface area (Å²) in [5, 5.41) is 18.3. The van der Waals surface area contributed by atoms with Crippen LogP contribution in [0.2, 0.25) is 0 Å². The van der Waals surface area contributed by atoms with Crippen LogP contribution in [0.4, 0.5) is 0 Å². The van der Waals surface area contributed by atoms with Crippen LogP contribution >= 0.6 is 0 Å². The third kappa shape index (κ3) is 3.35. The fraction of sp³-hybridized carbons (Fsp3) is 0.750. The van der Waals surface area contributed by atoms with Gasteiger partial charge in [0.2, 0.25) is 5.91 Å². The number of aliphatic hydroxyl groups excluding tert-OH is 2. The van der Waals surface area contributed by atoms with E-state index in [2.05, 4.69) is 10.4 Å². The zero-order chi connectivity index (χ0) is 13.0. The van der Waals surface area contributed by atoms with Gasteiger partial charge in [-0.25, -0.2) is 10.8 Å². The van der Waals surface area contributed by atoms with Crippen LogP contribution in [0.15, 0.2) is 4.99 Å². The number of aliphatic hydroxyl groups is 2. The Balaban J connectivity index is 2.70. The van der Waals surface area contributed by atoms with Crippen molar-refractivity contribution in [3.8, 4) is 0 Å². The SMILES string of the molecule is NNC(=NC1CC(O)C(CO)O1)C(N)C(N)=O. The van der Waals surface area contributed by atoms with Crippen LogP contribution in [0.5, 0.6) is 0 Å². The number of carbonyl (C=O) groups excluding carboxylic acids is 1. The fourth-order valence-electron chi connectivity index (χ4n) is 1.45. The van der Waals surface area contributed by atoms with Crippen molar-refractivity contribution in [1.29, 1.82) is 0 Å². The molecule has 0 saturated carbocycles. The second-order valence-electron chi connectivity index (χ2n) is 3.65. The Labute approximate surface area is 97.6 Å². The average molecular weight is 247 g/mol. The summed E-state index contributed by atoms with van der Waals surface area (Å²) in [4.78, 5) is 14.8. The van der Waals surface area contributed by atoms with Gasteiger partial charge in [-0.15, -0.1) is 0 Å². The third-order valence-corrected chi connectivity index (χ3v) is 2.42. The number of nitrogens with two attached hydrogens (primary N) is 3. The van der Waals surface area contributed by atoms with Crippen LogP contribution in [0.3, 0.4) is 0 Å². The highest BCUT2D eigenvalue weighted by Gasteiger charge is 2.34. The normalized spacial score (nSPS) is 31.3. The Hall–Kier alpha value is -1.26. The highest BCUT2D eigenvalue weighted by atomic mass is 16.5. The standard InChI is InChI=1S/C8H17N5O4/c9-6(7(10)16)8(13-11)12-5-1-3(15)4(2-14)17-5/h3-6,14-15H,1-2,9,11H2,(H2,10,16)(H,12,13). The van der Waals surface area contributed by atoms with Crippen molar-refractivity contribution in [2.24, 2.45) is 22.3 Å². The van der Waals surface area contributed by atoms with Crippen LogP contribution in [0, 0.1) is 0 Å². The van der Waals surface area contributed by atoms with Crippen molar-refractivity contribution in [2.45, 2.75) is 30.9 Å². The first-order chi connectivity index (χ1) is 7.99. The predicted molar refractivity (Wildman–Crippen MR) is 58.3 cm³/mol. The van der Waals surface area contributed by atoms with Crippen molar-refractivity contribution in [3.05, 3.63) is 0 Å². The van der Waals surface area contributed by atoms with Gasteiger partial charge in [0.25, 0.3) is 0 Å². The van der Waals surface area contributed by atoms with Crippen LogP contribution in [0.25, 0.3) is 0 Å². The van der Waals surface area contributed by atoms with Crippen molar-refractivity contribution >= 4 is 11.7 Å². The lowest BCUT2D eigenvalue weighted by Gasteiger charge is -2.14. The molecule has 1 heterocycles. The molecule has 1 amide bonds. The second-order valence-corrected chi connectivity index (χ2v) is 3.65. The lowest BCUT2D eigenvalue weighted by molar-refractivity contribution is -0.117. The molecule has 4 unspecified atom stereocenters. The highest BCUT2D eigenvalue weighted by molar-refractivity contribution is 6.06. The number of hydrazine groups is 1. The summed E-state index contributed by atoms with van der Waals surface area (Å²) < 4.78 is 5.19. The van der Waals surface area contributed by atoms with Gasteiger partial charge >= 0.3 is 0 Å². The first-order valence-electron chi connectivity index (χ1n) is 5.03. The van der Waals surface area contributed by atoms with Gasteiger partial charge in [-0.3, -0.25) is 4.79 Å². The van der Waals surface area contributed by atoms with E-state index in [0.29, 0.717) is 0 Å². The molecule has 0 radical (unpaired) electrons. The smallest absolute Gasteiger partial charge is 0.242 e. The minimum absolute atomic E-state index is 0.0340. The molecule has 9 N–H and O–H groups in total. The van der Waals surface area contributed by atoms with Gasteiger partial charge in [0.1, 0.15) is 18.0 Å². The van der Waals surface area contributed by atoms with Gasteiger partial charge in [-0.2, -0.15) is 0 Å². The summed E-state index contributed by atoms with van der Waals surface area (Å²) in [7, 11) is 0. The molecular weight excluding hydrogens is 230 g/mol. The van der Waals surface area contributed by atoms with E-state index in [4.69, 9.17) is 27.2 Å². The van der Waals surface area contributed by atoms with Gasteiger partial charge < -0.3 is 31.8 Å². The van der Waals surface area contributed by atoms with Crippen LogP contribution in [0.1, 0.15) is 6.42 Å². The number of carbonyl (C=O) groups is 1. The quantitative estimate of drug-likeness (QED) is 0.128. The van der Waals surface area contributed by atoms with Crippen molar-refractivity contribution in [1.82, 2.24) is 5.43 Å². The molecule has 9 heteroatoms. The molecule has 0 bridgehead atoms. The van der Waals surface area contributed by atoms with E-state index in [9.17, 15) is 9.90 Å². The predicted octanol–water partition coefficient (Wildman–Crippen LogP) is -3.87. The van der Waals surface area contributed by atoms with E-state index in [1.54, 1.807) is 0 Å². The monoisotopic (exact) mass is 247 g/mol. The number of nitrogens with zero attached hydrogens (tertiary/aromatic N) is 1. The molecule has 1 rings (SSSR count). The molecule has 1 saturated heterocycles. The largest absolute Gasteiger partial charge is 0.394 e. The van der Waals surface area contributed by atoms with Crippen molar-refractivity contribution in [2.75, 3.05) is 6.61 Å². The van der Waals surface area contributed by atoms with E-state index in [1.165, 1.54) is 0 Å². The number of hydrogen-bond donors (Lipinski definition) is 6. The first-order valence-corrected chi connectivity index (χ1v) is 5.03. The molecule has 98 valence electrons. The van der Waals surface area contributed by atoms with Crippen molar-refractivity contribution in [3.63, 3.8) is 0 Å². The number of amidine groups is 1. The van der Waals surface area contributed by atoms with Gasteiger partial charge in [-0.05, 0) is 0 Å². The summed E-state index contributed by atoms with van der Waals surface area (Å²) in [5.74, 6) is 4.33. The zero-order valence-electron chi connectivity index (χ0n) is 9.11. The molecule has 0 aromatic rings. The van der Waals surface area contributed by atoms with Gasteiger partial charge in [0.05, 0.1) is 12.7 Å². The average Bonchev–Trinajstić information content (AvgIpc) is 2.65. The molecule has 1 aliphatic heterocycles. The van der Waals surface area contributed by atoms with Crippen LogP contribution < -0.4 is 22.7 Å². The lowest BCUT2D eigenvalue weighted by atomic mass is 10.2. The topological polar surface area (TPSA) is 169 Å². The minimum Gasteiger partial charge on any atom is -0.394 e. The number of amides is 1. The molecule has 1 fully saturated rings. The van der Waals surface area contributed by atoms with E-state index in [1.807, 2.05) is 0 Å². The summed E-state index contributed by atoms with van der Waals surface area (Å²) in [6, 6.07) is -1.17. The number of rotatable bonds is 4. The summed E-state index contributed by atoms with van der Waals surface area (Å²) in [6.07, 6.45) is -2.06. The van der Waals surface area contributed by atoms with Gasteiger partial charge in [-0.1, -0.05) is 0 Å². The Morgan fingerprint density at radius 3 is 2.71 bits per heavy atom. The summed E-state index contributed by atoms with van der Waals surface area (Å²) >= 11 is 0. The van der Waals surface area contributed by atoms with E-state index in [-0.39, 0.29) is 18.9 Å². The lowest BCUT2D eigenvalue weighted by Crippen LogP contribution is -2.51. The first kappa shape index (κ1) is 13.8. The maximum Gasteiger partial charge on any atom is 0.242 e. The molecule has 1 aliphatic rings. The molecular formula is C8H17N5O4. The Kier molecular flexibility index (Phi) is 4.78. The second kappa shape index (κ2) is 5.89. The third-order valence-electron chi connectivity index (χ3n) is 2.42. The number of nitrogens with one attached hydrogen (secondary N) is 1. The van der Waals surface area contributed by atoms with Gasteiger partial charge in [0.15, 0.2) is 6.23 Å². The molecule has 0 spiro atoms. The number of hydrogen-bond acceptors (Lipinski definition) is 7. The fourth-order valence-corrected chi connectivity index (χ4v) is 1.45. The molecule has 17 heavy (non-hydrogen) atoms. The molecule has 0 aliphatic carbocycles. The molecule has 0 aromatic carbocycles. The Morgan fingerprint density at radius 2 is 2.29 bits per heavy atom. The molecule has 0 aromatic heterocycles. The van der Waals surface area contributed by atoms with Crippen LogP contribution in [-0.2, 0) is 9.53 Å². The minimum atomic E-state index is -1.17. The van der Waals surface area contributed by atoms with Crippen molar-refractivity contribution < 1.29 is 19.7 Å². The highest BCUT2D eigenvalue weighted by Crippen LogP contribution is 2.21. The van der Waals surface area contributed by atoms with Gasteiger partial charge in [0, 0.05) is 6.42 Å². The maximum absolute atomic E-state index is 10.8. The summed E-state index contributed by atoms with van der Waals surface area (Å²) in [5.41, 5.74) is 12.6. The maximum atomic E-state index is 10.8. The van der Waals surface area contributed by atoms with Crippen LogP contribution in [-0.4, -0.2) is 53.0 Å². The number of primary amides is 1. The van der Waals surface area contributed by atoms with E-state index >= 15 is 0 Å².